The van der Waals surface area contributed by atoms with E-state index in [-0.39, 0.29) is 27.8 Å². The van der Waals surface area contributed by atoms with Gasteiger partial charge in [0.2, 0.25) is 6.20 Å². The second-order valence-corrected chi connectivity index (χ2v) is 7.87. The second kappa shape index (κ2) is 9.89. The molecule has 0 fully saturated rings. The number of pyridine rings is 1. The molecular weight excluding hydrogens is 514 g/mol. The molecule has 34 heavy (non-hydrogen) atoms. The molecule has 0 radical (unpaired) electrons. The number of carbonyl (C=O) groups excluding carboxylic acids is 1. The smallest absolute Gasteiger partial charge is 0.573 e. The topological polar surface area (TPSA) is 74.5 Å². The third-order valence-corrected chi connectivity index (χ3v) is 5.04. The predicted molar refractivity (Wildman–Crippen MR) is 110 cm³/mol. The monoisotopic (exact) mass is 524 g/mol. The van der Waals surface area contributed by atoms with Crippen LogP contribution in [0.1, 0.15) is 10.4 Å². The maximum absolute atomic E-state index is 12.9. The van der Waals surface area contributed by atoms with Crippen molar-refractivity contribution in [2.45, 2.75) is 16.8 Å². The third kappa shape index (κ3) is 7.35. The lowest BCUT2D eigenvalue weighted by Gasteiger charge is -2.15. The summed E-state index contributed by atoms with van der Waals surface area (Å²) in [4.78, 5) is 12.3. The van der Waals surface area contributed by atoms with Crippen molar-refractivity contribution in [1.29, 1.82) is 0 Å². The van der Waals surface area contributed by atoms with Crippen LogP contribution in [0.25, 0.3) is 0 Å². The number of nitrogens with one attached hydrogen (secondary N) is 1. The van der Waals surface area contributed by atoms with Gasteiger partial charge in [0.15, 0.2) is 6.20 Å². The van der Waals surface area contributed by atoms with Crippen molar-refractivity contribution in [2.24, 2.45) is 0 Å². The van der Waals surface area contributed by atoms with Gasteiger partial charge in [-0.05, 0) is 48.2 Å². The molecule has 3 rings (SSSR count). The van der Waals surface area contributed by atoms with Crippen LogP contribution in [0.2, 0.25) is 5.02 Å². The first-order valence-corrected chi connectivity index (χ1v) is 10.1. The number of rotatable bonds is 6. The van der Waals surface area contributed by atoms with Crippen molar-refractivity contribution in [3.05, 3.63) is 76.7 Å². The van der Waals surface area contributed by atoms with Crippen LogP contribution < -0.4 is 19.5 Å². The number of thioether (sulfide) groups is 1. The van der Waals surface area contributed by atoms with Gasteiger partial charge in [-0.3, -0.25) is 4.79 Å². The first-order valence-electron chi connectivity index (χ1n) is 8.92. The number of amides is 1. The molecule has 2 aromatic carbocycles. The van der Waals surface area contributed by atoms with Crippen LogP contribution in [0, 0.1) is 5.21 Å². The van der Waals surface area contributed by atoms with Crippen LogP contribution in [0.5, 0.6) is 17.2 Å². The van der Waals surface area contributed by atoms with Gasteiger partial charge in [-0.25, -0.2) is 0 Å². The van der Waals surface area contributed by atoms with Gasteiger partial charge in [0.1, 0.15) is 22.9 Å². The highest BCUT2D eigenvalue weighted by Crippen LogP contribution is 2.43. The lowest BCUT2D eigenvalue weighted by Crippen LogP contribution is -2.25. The summed E-state index contributed by atoms with van der Waals surface area (Å²) < 4.78 is 85.3. The summed E-state index contributed by atoms with van der Waals surface area (Å²) in [5, 5.41) is 13.4. The molecule has 0 unspecified atom stereocenters. The van der Waals surface area contributed by atoms with Gasteiger partial charge < -0.3 is 20.0 Å². The quantitative estimate of drug-likeness (QED) is 0.172. The number of halogens is 7. The first kappa shape index (κ1) is 25.3. The molecule has 1 heterocycles. The number of anilines is 1. The van der Waals surface area contributed by atoms with Crippen LogP contribution in [-0.4, -0.2) is 17.8 Å². The summed E-state index contributed by atoms with van der Waals surface area (Å²) in [5.74, 6) is -1.82. The largest absolute Gasteiger partial charge is 0.619 e. The van der Waals surface area contributed by atoms with Crippen molar-refractivity contribution in [2.75, 3.05) is 5.32 Å². The van der Waals surface area contributed by atoms with Crippen LogP contribution in [-0.2, 0) is 0 Å². The third-order valence-electron chi connectivity index (χ3n) is 3.82. The van der Waals surface area contributed by atoms with E-state index in [0.717, 1.165) is 48.8 Å². The number of ether oxygens (including phenoxy) is 2. The average molecular weight is 525 g/mol. The summed E-state index contributed by atoms with van der Waals surface area (Å²) >= 11 is 5.38. The summed E-state index contributed by atoms with van der Waals surface area (Å²) in [6, 6.07) is 8.57. The minimum atomic E-state index is -4.91. The Bertz CT molecular complexity index is 1190. The number of benzene rings is 2. The zero-order chi connectivity index (χ0) is 25.1. The fourth-order valence-electron chi connectivity index (χ4n) is 2.56. The summed E-state index contributed by atoms with van der Waals surface area (Å²) in [5.41, 5.74) is -5.04. The Morgan fingerprint density at radius 3 is 2.26 bits per heavy atom. The Morgan fingerprint density at radius 1 is 1.03 bits per heavy atom. The van der Waals surface area contributed by atoms with Gasteiger partial charge >= 0.3 is 11.9 Å². The number of carbonyl (C=O) groups is 1. The molecule has 0 aliphatic heterocycles. The molecule has 0 bridgehead atoms. The zero-order valence-corrected chi connectivity index (χ0v) is 18.0. The molecule has 0 aliphatic carbocycles. The van der Waals surface area contributed by atoms with Gasteiger partial charge in [0.25, 0.3) is 5.91 Å². The van der Waals surface area contributed by atoms with E-state index in [0.29, 0.717) is 4.73 Å². The molecule has 6 nitrogen and oxygen atoms in total. The van der Waals surface area contributed by atoms with Gasteiger partial charge in [-0.15, -0.1) is 13.2 Å². The number of nitrogens with zero attached hydrogens (tertiary/aromatic N) is 1. The lowest BCUT2D eigenvalue weighted by atomic mass is 10.1. The molecule has 3 aromatic rings. The fourth-order valence-corrected chi connectivity index (χ4v) is 3.42. The summed E-state index contributed by atoms with van der Waals surface area (Å²) in [7, 11) is 0. The molecule has 1 aromatic heterocycles. The molecule has 0 saturated heterocycles. The predicted octanol–water partition coefficient (Wildman–Crippen LogP) is 6.53. The van der Waals surface area contributed by atoms with E-state index >= 15 is 0 Å². The summed E-state index contributed by atoms with van der Waals surface area (Å²) in [6.07, 6.45) is -2.75. The van der Waals surface area contributed by atoms with Gasteiger partial charge in [-0.1, -0.05) is 11.6 Å². The number of hydrogen-bond donors (Lipinski definition) is 1. The van der Waals surface area contributed by atoms with E-state index in [4.69, 9.17) is 16.3 Å². The Labute approximate surface area is 196 Å². The minimum Gasteiger partial charge on any atom is -0.619 e. The van der Waals surface area contributed by atoms with E-state index in [1.165, 1.54) is 12.1 Å². The second-order valence-electron chi connectivity index (χ2n) is 6.35. The van der Waals surface area contributed by atoms with E-state index in [9.17, 15) is 36.3 Å². The van der Waals surface area contributed by atoms with E-state index < -0.39 is 40.2 Å². The molecule has 0 spiro atoms. The minimum absolute atomic E-state index is 0.0436. The van der Waals surface area contributed by atoms with Gasteiger partial charge in [0.05, 0.1) is 10.6 Å². The molecule has 0 saturated carbocycles. The maximum atomic E-state index is 12.9. The van der Waals surface area contributed by atoms with Gasteiger partial charge in [0, 0.05) is 17.0 Å². The number of alkyl halides is 6. The van der Waals surface area contributed by atoms with Crippen molar-refractivity contribution in [3.8, 4) is 17.2 Å². The Kier molecular flexibility index (Phi) is 7.36. The normalized spacial score (nSPS) is 11.7. The number of hydrogen-bond acceptors (Lipinski definition) is 5. The summed E-state index contributed by atoms with van der Waals surface area (Å²) in [6.45, 7) is 0. The standard InChI is InChI=1S/C20H11ClF6N2O4S/c21-15-9-16(32-12-3-5-13(6-4-12)33-19(22,23)24)14(8-17(15)34-20(25,26)27)18(30)28-11-2-1-7-29(31)10-11/h1-10H,(H,28,30). The molecule has 0 atom stereocenters. The number of aromatic nitrogens is 1. The first-order chi connectivity index (χ1) is 15.8. The Hall–Kier alpha value is -3.32. The molecule has 1 amide bonds. The average Bonchev–Trinajstić information content (AvgIpc) is 2.69. The van der Waals surface area contributed by atoms with Gasteiger partial charge in [-0.2, -0.15) is 17.9 Å². The SMILES string of the molecule is O=C(Nc1ccc[n+]([O-])c1)c1cc(SC(F)(F)F)c(Cl)cc1Oc1ccc(OC(F)(F)F)cc1. The van der Waals surface area contributed by atoms with Crippen LogP contribution in [0.15, 0.2) is 65.8 Å². The fraction of sp³-hybridized carbons (Fsp3) is 0.100. The lowest BCUT2D eigenvalue weighted by molar-refractivity contribution is -0.604. The van der Waals surface area contributed by atoms with E-state index in [1.807, 2.05) is 0 Å². The van der Waals surface area contributed by atoms with Crippen LogP contribution >= 0.6 is 23.4 Å². The Morgan fingerprint density at radius 2 is 1.68 bits per heavy atom. The highest BCUT2D eigenvalue weighted by Gasteiger charge is 2.32. The highest BCUT2D eigenvalue weighted by atomic mass is 35.5. The molecular formula is C20H11ClF6N2O4S. The van der Waals surface area contributed by atoms with Crippen molar-refractivity contribution >= 4 is 35.0 Å². The molecule has 180 valence electrons. The molecule has 14 heteroatoms. The van der Waals surface area contributed by atoms with Crippen LogP contribution in [0.4, 0.5) is 32.0 Å². The zero-order valence-electron chi connectivity index (χ0n) is 16.4. The van der Waals surface area contributed by atoms with Crippen LogP contribution in [0.3, 0.4) is 0 Å². The van der Waals surface area contributed by atoms with Crippen molar-refractivity contribution in [1.82, 2.24) is 0 Å². The molecule has 0 aliphatic rings. The van der Waals surface area contributed by atoms with E-state index in [1.54, 1.807) is 0 Å². The van der Waals surface area contributed by atoms with Crippen molar-refractivity contribution in [3.63, 3.8) is 0 Å². The van der Waals surface area contributed by atoms with E-state index in [2.05, 4.69) is 10.1 Å². The maximum Gasteiger partial charge on any atom is 0.573 e. The van der Waals surface area contributed by atoms with Crippen molar-refractivity contribution < 1.29 is 45.3 Å². The highest BCUT2D eigenvalue weighted by molar-refractivity contribution is 8.00. The Balaban J connectivity index is 1.94. The molecule has 1 N–H and O–H groups in total.